The van der Waals surface area contributed by atoms with Gasteiger partial charge in [0.05, 0.1) is 6.61 Å². The number of benzene rings is 2. The third kappa shape index (κ3) is 9.96. The number of amides is 2. The van der Waals surface area contributed by atoms with Crippen LogP contribution in [0.2, 0.25) is 0 Å². The summed E-state index contributed by atoms with van der Waals surface area (Å²) >= 11 is 0. The Labute approximate surface area is 216 Å². The Morgan fingerprint density at radius 1 is 0.972 bits per heavy atom. The summed E-state index contributed by atoms with van der Waals surface area (Å²) in [5.74, 6) is 6.34. The van der Waals surface area contributed by atoms with Crippen LogP contribution >= 0.6 is 0 Å². The van der Waals surface area contributed by atoms with E-state index in [-0.39, 0.29) is 24.9 Å². The number of hydrogen-bond acceptors (Lipinski definition) is 4. The van der Waals surface area contributed by atoms with Crippen LogP contribution in [0.4, 0.5) is 0 Å². The average molecular weight is 494 g/mol. The summed E-state index contributed by atoms with van der Waals surface area (Å²) in [4.78, 5) is 32.2. The molecule has 6 nitrogen and oxygen atoms in total. The maximum absolute atomic E-state index is 13.6. The number of nitrogens with zero attached hydrogens (tertiary/aromatic N) is 1. The van der Waals surface area contributed by atoms with Crippen LogP contribution in [0.3, 0.4) is 0 Å². The van der Waals surface area contributed by atoms with E-state index in [4.69, 9.17) is 10.7 Å². The van der Waals surface area contributed by atoms with Crippen LogP contribution in [0.1, 0.15) is 70.9 Å². The first-order valence-electron chi connectivity index (χ1n) is 13.1. The van der Waals surface area contributed by atoms with Gasteiger partial charge in [-0.15, -0.1) is 0 Å². The average Bonchev–Trinajstić information content (AvgIpc) is 2.89. The van der Waals surface area contributed by atoms with Gasteiger partial charge in [-0.2, -0.15) is 0 Å². The van der Waals surface area contributed by atoms with Crippen molar-refractivity contribution in [1.82, 2.24) is 10.5 Å². The number of nitrogens with two attached hydrogens (primary N) is 1. The molecule has 2 rings (SSSR count). The van der Waals surface area contributed by atoms with E-state index in [2.05, 4.69) is 33.2 Å². The maximum atomic E-state index is 13.6. The zero-order chi connectivity index (χ0) is 26.3. The van der Waals surface area contributed by atoms with E-state index in [0.717, 1.165) is 41.8 Å². The summed E-state index contributed by atoms with van der Waals surface area (Å²) in [6, 6.07) is 18.5. The Balaban J connectivity index is 2.16. The molecule has 196 valence electrons. The molecule has 0 aliphatic heterocycles. The third-order valence-electron chi connectivity index (χ3n) is 6.49. The minimum Gasteiger partial charge on any atom is -0.273 e. The molecule has 2 aromatic rings. The Hall–Kier alpha value is -2.96. The largest absolute Gasteiger partial charge is 0.273 e. The molecule has 0 spiro atoms. The van der Waals surface area contributed by atoms with Gasteiger partial charge >= 0.3 is 0 Å². The standard InChI is InChI=1S/C30H43N3O3/c1-5-24(6-2)21-27(20-23(3)4)30(35)33(31)28(19-13-18-25-14-9-7-10-15-25)29(34)32-36-22-26-16-11-8-12-17-26/h7-18,23-24,27-28H,5-6,19-22,31H2,1-4H3,(H,32,34)/t27-,28+/m1/s1. The second-order valence-corrected chi connectivity index (χ2v) is 9.80. The van der Waals surface area contributed by atoms with Crippen molar-refractivity contribution in [2.75, 3.05) is 0 Å². The Kier molecular flexibility index (Phi) is 12.9. The monoisotopic (exact) mass is 493 g/mol. The summed E-state index contributed by atoms with van der Waals surface area (Å²) < 4.78 is 0. The highest BCUT2D eigenvalue weighted by Gasteiger charge is 2.33. The normalized spacial score (nSPS) is 13.2. The molecular weight excluding hydrogens is 450 g/mol. The van der Waals surface area contributed by atoms with Crippen molar-refractivity contribution in [3.05, 3.63) is 77.9 Å². The smallest absolute Gasteiger partial charge is 0.268 e. The molecule has 2 atom stereocenters. The molecule has 3 N–H and O–H groups in total. The number of carbonyl (C=O) groups is 2. The van der Waals surface area contributed by atoms with Crippen molar-refractivity contribution in [2.45, 2.75) is 72.4 Å². The van der Waals surface area contributed by atoms with Crippen LogP contribution < -0.4 is 11.3 Å². The number of carbonyl (C=O) groups excluding carboxylic acids is 2. The van der Waals surface area contributed by atoms with Crippen LogP contribution in [0, 0.1) is 17.8 Å². The van der Waals surface area contributed by atoms with E-state index in [1.54, 1.807) is 0 Å². The van der Waals surface area contributed by atoms with Crippen molar-refractivity contribution in [3.8, 4) is 0 Å². The molecule has 2 amide bonds. The van der Waals surface area contributed by atoms with Crippen LogP contribution in [0.25, 0.3) is 6.08 Å². The molecule has 0 heterocycles. The predicted octanol–water partition coefficient (Wildman–Crippen LogP) is 5.90. The van der Waals surface area contributed by atoms with Crippen LogP contribution in [0.15, 0.2) is 66.7 Å². The van der Waals surface area contributed by atoms with Crippen molar-refractivity contribution in [2.24, 2.45) is 23.6 Å². The first-order valence-corrected chi connectivity index (χ1v) is 13.1. The molecular formula is C30H43N3O3. The number of hydrogen-bond donors (Lipinski definition) is 2. The van der Waals surface area contributed by atoms with Gasteiger partial charge in [-0.05, 0) is 42.2 Å². The minimum absolute atomic E-state index is 0.188. The van der Waals surface area contributed by atoms with Gasteiger partial charge in [0.1, 0.15) is 6.04 Å². The first-order chi connectivity index (χ1) is 17.3. The molecule has 6 heteroatoms. The van der Waals surface area contributed by atoms with Crippen molar-refractivity contribution < 1.29 is 14.4 Å². The van der Waals surface area contributed by atoms with Gasteiger partial charge < -0.3 is 0 Å². The van der Waals surface area contributed by atoms with E-state index in [1.165, 1.54) is 0 Å². The highest BCUT2D eigenvalue weighted by molar-refractivity contribution is 5.88. The van der Waals surface area contributed by atoms with Crippen molar-refractivity contribution in [1.29, 1.82) is 0 Å². The zero-order valence-electron chi connectivity index (χ0n) is 22.2. The van der Waals surface area contributed by atoms with E-state index in [9.17, 15) is 9.59 Å². The summed E-state index contributed by atoms with van der Waals surface area (Å²) in [6.45, 7) is 8.75. The number of hydrazine groups is 1. The van der Waals surface area contributed by atoms with Crippen LogP contribution in [0.5, 0.6) is 0 Å². The zero-order valence-corrected chi connectivity index (χ0v) is 22.2. The van der Waals surface area contributed by atoms with Crippen LogP contribution in [-0.2, 0) is 21.0 Å². The lowest BCUT2D eigenvalue weighted by atomic mass is 9.85. The summed E-state index contributed by atoms with van der Waals surface area (Å²) in [5, 5.41) is 1.13. The van der Waals surface area contributed by atoms with Gasteiger partial charge in [0.2, 0.25) is 5.91 Å². The maximum Gasteiger partial charge on any atom is 0.268 e. The SMILES string of the molecule is CCC(CC)C[C@@H](CC(C)C)C(=O)N(N)[C@@H](CC=Cc1ccccc1)C(=O)NOCc1ccccc1. The molecule has 2 aromatic carbocycles. The van der Waals surface area contributed by atoms with Gasteiger partial charge in [-0.25, -0.2) is 11.3 Å². The van der Waals surface area contributed by atoms with E-state index >= 15 is 0 Å². The fourth-order valence-electron chi connectivity index (χ4n) is 4.33. The summed E-state index contributed by atoms with van der Waals surface area (Å²) in [7, 11) is 0. The van der Waals surface area contributed by atoms with E-state index < -0.39 is 11.9 Å². The Morgan fingerprint density at radius 3 is 2.17 bits per heavy atom. The fraction of sp³-hybridized carbons (Fsp3) is 0.467. The van der Waals surface area contributed by atoms with Gasteiger partial charge in [0.15, 0.2) is 0 Å². The van der Waals surface area contributed by atoms with E-state index in [0.29, 0.717) is 11.8 Å². The fourth-order valence-corrected chi connectivity index (χ4v) is 4.33. The Morgan fingerprint density at radius 2 is 1.58 bits per heavy atom. The van der Waals surface area contributed by atoms with Gasteiger partial charge in [0.25, 0.3) is 5.91 Å². The summed E-state index contributed by atoms with van der Waals surface area (Å²) in [5.41, 5.74) is 4.46. The molecule has 36 heavy (non-hydrogen) atoms. The molecule has 0 aliphatic carbocycles. The number of hydroxylamine groups is 1. The minimum atomic E-state index is -0.885. The van der Waals surface area contributed by atoms with Gasteiger partial charge in [-0.3, -0.25) is 19.4 Å². The second kappa shape index (κ2) is 15.9. The second-order valence-electron chi connectivity index (χ2n) is 9.80. The predicted molar refractivity (Wildman–Crippen MR) is 146 cm³/mol. The lowest BCUT2D eigenvalue weighted by molar-refractivity contribution is -0.150. The molecule has 0 saturated carbocycles. The molecule has 0 aromatic heterocycles. The van der Waals surface area contributed by atoms with Crippen molar-refractivity contribution in [3.63, 3.8) is 0 Å². The molecule has 0 radical (unpaired) electrons. The lowest BCUT2D eigenvalue weighted by Crippen LogP contribution is -2.55. The van der Waals surface area contributed by atoms with Gasteiger partial charge in [-0.1, -0.05) is 113 Å². The molecule has 0 aliphatic rings. The molecule has 0 saturated heterocycles. The molecule has 0 unspecified atom stereocenters. The topological polar surface area (TPSA) is 84.7 Å². The number of rotatable bonds is 15. The third-order valence-corrected chi connectivity index (χ3v) is 6.49. The number of nitrogens with one attached hydrogen (secondary N) is 1. The van der Waals surface area contributed by atoms with E-state index in [1.807, 2.05) is 72.8 Å². The molecule has 0 bridgehead atoms. The Bertz CT molecular complexity index is 927. The van der Waals surface area contributed by atoms with Crippen LogP contribution in [-0.4, -0.2) is 22.9 Å². The quantitative estimate of drug-likeness (QED) is 0.184. The first kappa shape index (κ1) is 29.3. The lowest BCUT2D eigenvalue weighted by Gasteiger charge is -2.31. The highest BCUT2D eigenvalue weighted by atomic mass is 16.6. The van der Waals surface area contributed by atoms with Crippen molar-refractivity contribution >= 4 is 17.9 Å². The highest BCUT2D eigenvalue weighted by Crippen LogP contribution is 2.26. The summed E-state index contributed by atoms with van der Waals surface area (Å²) in [6.07, 6.45) is 7.62. The molecule has 0 fully saturated rings. The van der Waals surface area contributed by atoms with Gasteiger partial charge in [0, 0.05) is 5.92 Å².